The first-order chi connectivity index (χ1) is 12.0. The van der Waals surface area contributed by atoms with Gasteiger partial charge in [0.25, 0.3) is 0 Å². The highest BCUT2D eigenvalue weighted by Crippen LogP contribution is 2.22. The van der Waals surface area contributed by atoms with E-state index < -0.39 is 8.07 Å². The first-order valence-corrected chi connectivity index (χ1v) is 11.9. The molecule has 0 aliphatic carbocycles. The predicted molar refractivity (Wildman–Crippen MR) is 99.9 cm³/mol. The number of rotatable bonds is 2. The van der Waals surface area contributed by atoms with E-state index >= 15 is 0 Å². The Morgan fingerprint density at radius 1 is 1.04 bits per heavy atom. The van der Waals surface area contributed by atoms with Gasteiger partial charge in [0.05, 0.1) is 0 Å². The third kappa shape index (κ3) is 3.77. The molecular formula is C16H23N9Si. The maximum absolute atomic E-state index is 4.71. The van der Waals surface area contributed by atoms with Crippen molar-refractivity contribution in [3.63, 3.8) is 0 Å². The second-order valence-corrected chi connectivity index (χ2v) is 13.0. The Balaban J connectivity index is 2.18. The van der Waals surface area contributed by atoms with Gasteiger partial charge in [0, 0.05) is 12.5 Å². The molecule has 3 rings (SSSR count). The summed E-state index contributed by atoms with van der Waals surface area (Å²) in [6.07, 6.45) is 0. The first kappa shape index (κ1) is 18.1. The summed E-state index contributed by atoms with van der Waals surface area (Å²) in [5.74, 6) is 4.60. The summed E-state index contributed by atoms with van der Waals surface area (Å²) < 4.78 is 3.29. The molecule has 3 aromatic heterocycles. The van der Waals surface area contributed by atoms with Crippen LogP contribution in [0.1, 0.15) is 38.1 Å². The van der Waals surface area contributed by atoms with Gasteiger partial charge in [0.15, 0.2) is 17.0 Å². The highest BCUT2D eigenvalue weighted by molar-refractivity contribution is 6.83. The van der Waals surface area contributed by atoms with Crippen LogP contribution >= 0.6 is 0 Å². The number of fused-ring (bicyclic) bond motifs is 1. The van der Waals surface area contributed by atoms with Gasteiger partial charge in [-0.3, -0.25) is 0 Å². The number of aryl methyl sites for hydroxylation is 1. The molecule has 0 radical (unpaired) electrons. The number of aromatic nitrogens is 9. The summed E-state index contributed by atoms with van der Waals surface area (Å²) in [6, 6.07) is 0. The topological polar surface area (TPSA) is 100 Å². The molecule has 10 heteroatoms. The van der Waals surface area contributed by atoms with Crippen LogP contribution in [0.3, 0.4) is 0 Å². The van der Waals surface area contributed by atoms with Crippen molar-refractivity contribution >= 4 is 19.2 Å². The van der Waals surface area contributed by atoms with Gasteiger partial charge < -0.3 is 0 Å². The van der Waals surface area contributed by atoms with Gasteiger partial charge in [-0.05, 0) is 10.4 Å². The van der Waals surface area contributed by atoms with Crippen molar-refractivity contribution in [2.75, 3.05) is 0 Å². The van der Waals surface area contributed by atoms with Crippen molar-refractivity contribution in [2.45, 2.75) is 52.4 Å². The van der Waals surface area contributed by atoms with Crippen LogP contribution in [0.2, 0.25) is 19.6 Å². The Bertz CT molecular complexity index is 1010. The van der Waals surface area contributed by atoms with Crippen LogP contribution in [0.15, 0.2) is 0 Å². The molecule has 136 valence electrons. The molecule has 0 N–H and O–H groups in total. The quantitative estimate of drug-likeness (QED) is 0.496. The van der Waals surface area contributed by atoms with Gasteiger partial charge in [-0.2, -0.15) is 0 Å². The van der Waals surface area contributed by atoms with E-state index in [1.807, 2.05) is 0 Å². The van der Waals surface area contributed by atoms with Crippen molar-refractivity contribution < 1.29 is 0 Å². The average Bonchev–Trinajstić information content (AvgIpc) is 3.11. The molecule has 0 bridgehead atoms. The van der Waals surface area contributed by atoms with Crippen LogP contribution in [-0.2, 0) is 19.0 Å². The Kier molecular flexibility index (Phi) is 4.35. The van der Waals surface area contributed by atoms with E-state index in [2.05, 4.69) is 82.7 Å². The predicted octanol–water partition coefficient (Wildman–Crippen LogP) is 1.32. The van der Waals surface area contributed by atoms with Crippen molar-refractivity contribution in [1.82, 2.24) is 45.2 Å². The van der Waals surface area contributed by atoms with Crippen LogP contribution in [0.5, 0.6) is 0 Å². The fourth-order valence-corrected chi connectivity index (χ4v) is 2.64. The molecule has 0 unspecified atom stereocenters. The van der Waals surface area contributed by atoms with Gasteiger partial charge in [0.1, 0.15) is 26.1 Å². The van der Waals surface area contributed by atoms with Gasteiger partial charge in [-0.15, -0.1) is 15.7 Å². The third-order valence-electron chi connectivity index (χ3n) is 3.59. The summed E-state index contributed by atoms with van der Waals surface area (Å²) in [4.78, 5) is 9.39. The lowest BCUT2D eigenvalue weighted by atomic mass is 9.95. The smallest absolute Gasteiger partial charge is 0.183 e. The molecule has 9 nitrogen and oxygen atoms in total. The monoisotopic (exact) mass is 369 g/mol. The van der Waals surface area contributed by atoms with Crippen LogP contribution in [0.25, 0.3) is 11.2 Å². The summed E-state index contributed by atoms with van der Waals surface area (Å²) in [7, 11) is 0.237. The molecule has 26 heavy (non-hydrogen) atoms. The molecule has 0 fully saturated rings. The van der Waals surface area contributed by atoms with Crippen molar-refractivity contribution in [1.29, 1.82) is 0 Å². The SMILES string of the molecule is Cn1nnnc1Cn1nnc2c(C#C[Si](C)(C)C)nc(C(C)(C)C)nc21. The van der Waals surface area contributed by atoms with Crippen molar-refractivity contribution in [2.24, 2.45) is 7.05 Å². The van der Waals surface area contributed by atoms with Crippen LogP contribution < -0.4 is 0 Å². The number of tetrazole rings is 1. The second-order valence-electron chi connectivity index (χ2n) is 8.28. The molecule has 3 aromatic rings. The molecular weight excluding hydrogens is 346 g/mol. The number of hydrogen-bond donors (Lipinski definition) is 0. The summed E-state index contributed by atoms with van der Waals surface area (Å²) in [5, 5.41) is 20.0. The van der Waals surface area contributed by atoms with Crippen LogP contribution in [0.4, 0.5) is 0 Å². The molecule has 0 saturated heterocycles. The molecule has 3 heterocycles. The summed E-state index contributed by atoms with van der Waals surface area (Å²) >= 11 is 0. The Labute approximate surface area is 153 Å². The van der Waals surface area contributed by atoms with Crippen molar-refractivity contribution in [3.05, 3.63) is 17.3 Å². The molecule has 0 aliphatic rings. The molecule has 0 atom stereocenters. The maximum atomic E-state index is 4.71. The molecule has 0 spiro atoms. The van der Waals surface area contributed by atoms with Crippen molar-refractivity contribution in [3.8, 4) is 11.5 Å². The van der Waals surface area contributed by atoms with E-state index in [-0.39, 0.29) is 5.41 Å². The first-order valence-electron chi connectivity index (χ1n) is 8.41. The van der Waals surface area contributed by atoms with E-state index in [0.29, 0.717) is 35.1 Å². The lowest BCUT2D eigenvalue weighted by Gasteiger charge is -2.16. The average molecular weight is 370 g/mol. The fraction of sp³-hybridized carbons (Fsp3) is 0.562. The minimum atomic E-state index is -1.55. The molecule has 0 aliphatic heterocycles. The zero-order valence-corrected chi connectivity index (χ0v) is 17.2. The van der Waals surface area contributed by atoms with E-state index in [1.54, 1.807) is 16.4 Å². The summed E-state index contributed by atoms with van der Waals surface area (Å²) in [6.45, 7) is 13.2. The van der Waals surface area contributed by atoms with E-state index in [0.717, 1.165) is 0 Å². The van der Waals surface area contributed by atoms with Gasteiger partial charge >= 0.3 is 0 Å². The maximum Gasteiger partial charge on any atom is 0.183 e. The minimum absolute atomic E-state index is 0.217. The van der Waals surface area contributed by atoms with E-state index in [1.165, 1.54) is 0 Å². The van der Waals surface area contributed by atoms with Crippen LogP contribution in [0, 0.1) is 11.5 Å². The third-order valence-corrected chi connectivity index (χ3v) is 4.46. The second kappa shape index (κ2) is 6.24. The highest BCUT2D eigenvalue weighted by Gasteiger charge is 2.23. The minimum Gasteiger partial charge on any atom is -0.231 e. The lowest BCUT2D eigenvalue weighted by Crippen LogP contribution is -2.19. The summed E-state index contributed by atoms with van der Waals surface area (Å²) in [5.41, 5.74) is 5.03. The lowest BCUT2D eigenvalue weighted by molar-refractivity contribution is 0.543. The standard InChI is InChI=1S/C16H23N9Si/c1-16(2,3)15-17-11(8-9-26(5,6)7)13-14(18-15)25(22-20-13)10-12-19-21-23-24(12)4/h10H2,1-7H3. The van der Waals surface area contributed by atoms with Crippen LogP contribution in [-0.4, -0.2) is 53.2 Å². The van der Waals surface area contributed by atoms with Gasteiger partial charge in [-0.25, -0.2) is 19.3 Å². The molecule has 0 aromatic carbocycles. The van der Waals surface area contributed by atoms with E-state index in [9.17, 15) is 0 Å². The number of hydrogen-bond acceptors (Lipinski definition) is 7. The normalized spacial score (nSPS) is 12.3. The largest absolute Gasteiger partial charge is 0.231 e. The van der Waals surface area contributed by atoms with Gasteiger partial charge in [-0.1, -0.05) is 51.5 Å². The Morgan fingerprint density at radius 3 is 2.35 bits per heavy atom. The zero-order valence-electron chi connectivity index (χ0n) is 16.2. The Morgan fingerprint density at radius 2 is 1.77 bits per heavy atom. The Hall–Kier alpha value is -2.67. The molecule has 0 saturated carbocycles. The molecule has 0 amide bonds. The van der Waals surface area contributed by atoms with Gasteiger partial charge in [0.2, 0.25) is 0 Å². The van der Waals surface area contributed by atoms with E-state index in [4.69, 9.17) is 4.98 Å². The fourth-order valence-electron chi connectivity index (χ4n) is 2.15. The zero-order chi connectivity index (χ0) is 19.1. The number of nitrogens with zero attached hydrogens (tertiary/aromatic N) is 9. The highest BCUT2D eigenvalue weighted by atomic mass is 28.3.